The molecule has 2 aromatic carbocycles. The van der Waals surface area contributed by atoms with Crippen LogP contribution in [0.4, 0.5) is 0 Å². The molecule has 0 aliphatic rings. The molecule has 0 aliphatic heterocycles. The second kappa shape index (κ2) is 7.41. The van der Waals surface area contributed by atoms with E-state index in [9.17, 15) is 9.59 Å². The summed E-state index contributed by atoms with van der Waals surface area (Å²) in [7, 11) is 0. The summed E-state index contributed by atoms with van der Waals surface area (Å²) >= 11 is 9.51. The Kier molecular flexibility index (Phi) is 4.96. The van der Waals surface area contributed by atoms with Crippen molar-refractivity contribution in [3.05, 3.63) is 87.0 Å². The minimum absolute atomic E-state index is 0.203. The lowest BCUT2D eigenvalue weighted by molar-refractivity contribution is 0.0528. The van der Waals surface area contributed by atoms with E-state index in [-0.39, 0.29) is 12.4 Å². The first kappa shape index (κ1) is 18.7. The van der Waals surface area contributed by atoms with Gasteiger partial charge in [0.1, 0.15) is 0 Å². The Bertz CT molecular complexity index is 1230. The standard InChI is InChI=1S/C22H15BrClNO3/c1-2-28-22(27)16-12-19(21(26)13-7-9-15(24)10-8-13)25-18-6-4-3-5-14(18)11-17(23)20(16)25/h3-12H,2H2,1H3. The molecule has 4 aromatic rings. The molecular formula is C22H15BrClNO3. The van der Waals surface area contributed by atoms with Gasteiger partial charge in [0.15, 0.2) is 0 Å². The second-order valence-corrected chi connectivity index (χ2v) is 7.53. The Labute approximate surface area is 174 Å². The molecule has 0 aliphatic carbocycles. The number of carbonyl (C=O) groups is 2. The average Bonchev–Trinajstić information content (AvgIpc) is 3.10. The molecule has 0 fully saturated rings. The van der Waals surface area contributed by atoms with Gasteiger partial charge >= 0.3 is 5.97 Å². The lowest BCUT2D eigenvalue weighted by Gasteiger charge is -2.09. The molecule has 4 rings (SSSR count). The van der Waals surface area contributed by atoms with Crippen molar-refractivity contribution < 1.29 is 14.3 Å². The molecule has 0 atom stereocenters. The fourth-order valence-electron chi connectivity index (χ4n) is 3.29. The predicted molar refractivity (Wildman–Crippen MR) is 113 cm³/mol. The number of fused-ring (bicyclic) bond motifs is 3. The maximum Gasteiger partial charge on any atom is 0.340 e. The Morgan fingerprint density at radius 3 is 2.50 bits per heavy atom. The van der Waals surface area contributed by atoms with Crippen LogP contribution in [0.5, 0.6) is 0 Å². The van der Waals surface area contributed by atoms with Crippen LogP contribution in [0.15, 0.2) is 65.1 Å². The normalized spacial score (nSPS) is 11.1. The van der Waals surface area contributed by atoms with Gasteiger partial charge in [0.25, 0.3) is 0 Å². The number of pyridine rings is 1. The fraction of sp³-hybridized carbons (Fsp3) is 0.0909. The molecule has 0 saturated carbocycles. The minimum atomic E-state index is -0.467. The number of esters is 1. The van der Waals surface area contributed by atoms with E-state index in [0.29, 0.717) is 31.8 Å². The zero-order valence-corrected chi connectivity index (χ0v) is 17.3. The van der Waals surface area contributed by atoms with Gasteiger partial charge in [0, 0.05) is 15.1 Å². The molecule has 6 heteroatoms. The third kappa shape index (κ3) is 3.11. The van der Waals surface area contributed by atoms with E-state index in [2.05, 4.69) is 15.9 Å². The van der Waals surface area contributed by atoms with Gasteiger partial charge in [-0.1, -0.05) is 29.8 Å². The van der Waals surface area contributed by atoms with Gasteiger partial charge in [0.05, 0.1) is 28.9 Å². The first-order chi connectivity index (χ1) is 13.5. The summed E-state index contributed by atoms with van der Waals surface area (Å²) in [5.74, 6) is -0.670. The van der Waals surface area contributed by atoms with Crippen molar-refractivity contribution >= 4 is 55.7 Å². The molecule has 140 valence electrons. The van der Waals surface area contributed by atoms with Gasteiger partial charge in [-0.25, -0.2) is 4.79 Å². The molecule has 0 radical (unpaired) electrons. The summed E-state index contributed by atoms with van der Waals surface area (Å²) in [6, 6.07) is 17.9. The van der Waals surface area contributed by atoms with Gasteiger partial charge < -0.3 is 9.14 Å². The number of rotatable bonds is 4. The van der Waals surface area contributed by atoms with Crippen LogP contribution in [-0.2, 0) is 4.74 Å². The summed E-state index contributed by atoms with van der Waals surface area (Å²) in [5, 5.41) is 1.50. The third-order valence-electron chi connectivity index (χ3n) is 4.52. The predicted octanol–water partition coefficient (Wildman–Crippen LogP) is 5.92. The number of hydrogen-bond acceptors (Lipinski definition) is 3. The summed E-state index contributed by atoms with van der Waals surface area (Å²) in [6.45, 7) is 2.00. The fourth-order valence-corrected chi connectivity index (χ4v) is 4.06. The van der Waals surface area contributed by atoms with E-state index in [0.717, 1.165) is 10.9 Å². The maximum absolute atomic E-state index is 13.3. The number of benzene rings is 2. The van der Waals surface area contributed by atoms with Gasteiger partial charge in [-0.2, -0.15) is 0 Å². The smallest absolute Gasteiger partial charge is 0.340 e. The van der Waals surface area contributed by atoms with Gasteiger partial charge in [-0.05, 0) is 70.7 Å². The maximum atomic E-state index is 13.3. The zero-order chi connectivity index (χ0) is 19.8. The number of ketones is 1. The lowest BCUT2D eigenvalue weighted by atomic mass is 10.1. The number of aromatic nitrogens is 1. The van der Waals surface area contributed by atoms with E-state index in [4.69, 9.17) is 16.3 Å². The number of ether oxygens (including phenoxy) is 1. The van der Waals surface area contributed by atoms with Crippen LogP contribution < -0.4 is 0 Å². The van der Waals surface area contributed by atoms with Crippen LogP contribution in [0.25, 0.3) is 16.4 Å². The molecule has 28 heavy (non-hydrogen) atoms. The number of para-hydroxylation sites is 1. The summed E-state index contributed by atoms with van der Waals surface area (Å²) in [5.41, 5.74) is 2.65. The van der Waals surface area contributed by atoms with Crippen molar-refractivity contribution in [3.63, 3.8) is 0 Å². The highest BCUT2D eigenvalue weighted by molar-refractivity contribution is 9.10. The summed E-state index contributed by atoms with van der Waals surface area (Å²) in [4.78, 5) is 25.9. The Balaban J connectivity index is 2.06. The minimum Gasteiger partial charge on any atom is -0.462 e. The monoisotopic (exact) mass is 455 g/mol. The van der Waals surface area contributed by atoms with Crippen LogP contribution in [0.3, 0.4) is 0 Å². The van der Waals surface area contributed by atoms with Crippen LogP contribution in [0, 0.1) is 0 Å². The molecule has 2 aromatic heterocycles. The van der Waals surface area contributed by atoms with E-state index in [1.165, 1.54) is 0 Å². The largest absolute Gasteiger partial charge is 0.462 e. The van der Waals surface area contributed by atoms with Gasteiger partial charge in [-0.15, -0.1) is 0 Å². The van der Waals surface area contributed by atoms with Crippen molar-refractivity contribution in [2.75, 3.05) is 6.61 Å². The number of hydrogen-bond donors (Lipinski definition) is 0. The van der Waals surface area contributed by atoms with E-state index in [1.54, 1.807) is 37.3 Å². The number of halogens is 2. The van der Waals surface area contributed by atoms with Crippen molar-refractivity contribution in [1.29, 1.82) is 0 Å². The quantitative estimate of drug-likeness (QED) is 0.283. The van der Waals surface area contributed by atoms with Gasteiger partial charge in [0.2, 0.25) is 5.78 Å². The zero-order valence-electron chi connectivity index (χ0n) is 14.9. The van der Waals surface area contributed by atoms with Crippen molar-refractivity contribution in [2.24, 2.45) is 0 Å². The van der Waals surface area contributed by atoms with E-state index < -0.39 is 5.97 Å². The van der Waals surface area contributed by atoms with Crippen LogP contribution in [-0.4, -0.2) is 22.8 Å². The summed E-state index contributed by atoms with van der Waals surface area (Å²) < 4.78 is 7.74. The Hall–Kier alpha value is -2.63. The third-order valence-corrected chi connectivity index (χ3v) is 5.38. The molecule has 0 saturated heterocycles. The van der Waals surface area contributed by atoms with Crippen LogP contribution >= 0.6 is 27.5 Å². The molecular weight excluding hydrogens is 442 g/mol. The molecule has 0 unspecified atom stereocenters. The topological polar surface area (TPSA) is 47.8 Å². The van der Waals surface area contributed by atoms with Crippen LogP contribution in [0.2, 0.25) is 5.02 Å². The van der Waals surface area contributed by atoms with E-state index >= 15 is 0 Å². The molecule has 0 N–H and O–H groups in total. The molecule has 4 nitrogen and oxygen atoms in total. The SMILES string of the molecule is CCOC(=O)c1cc(C(=O)c2ccc(Cl)cc2)n2c1c(Br)cc1ccccc12. The Morgan fingerprint density at radius 2 is 1.79 bits per heavy atom. The highest BCUT2D eigenvalue weighted by Crippen LogP contribution is 2.32. The second-order valence-electron chi connectivity index (χ2n) is 6.23. The summed E-state index contributed by atoms with van der Waals surface area (Å²) in [6.07, 6.45) is 0. The number of carbonyl (C=O) groups excluding carboxylic acids is 2. The first-order valence-electron chi connectivity index (χ1n) is 8.71. The molecule has 0 bridgehead atoms. The highest BCUT2D eigenvalue weighted by Gasteiger charge is 2.24. The molecule has 2 heterocycles. The van der Waals surface area contributed by atoms with Crippen molar-refractivity contribution in [2.45, 2.75) is 6.92 Å². The molecule has 0 spiro atoms. The first-order valence-corrected chi connectivity index (χ1v) is 9.88. The van der Waals surface area contributed by atoms with Crippen molar-refractivity contribution in [3.8, 4) is 0 Å². The van der Waals surface area contributed by atoms with Gasteiger partial charge in [-0.3, -0.25) is 4.79 Å². The Morgan fingerprint density at radius 1 is 1.07 bits per heavy atom. The van der Waals surface area contributed by atoms with Crippen molar-refractivity contribution in [1.82, 2.24) is 4.40 Å². The lowest BCUT2D eigenvalue weighted by Crippen LogP contribution is -2.06. The highest BCUT2D eigenvalue weighted by atomic mass is 79.9. The number of nitrogens with zero attached hydrogens (tertiary/aromatic N) is 1. The van der Waals surface area contributed by atoms with E-state index in [1.807, 2.05) is 34.7 Å². The average molecular weight is 457 g/mol. The van der Waals surface area contributed by atoms with Crippen LogP contribution in [0.1, 0.15) is 33.3 Å². The molecule has 0 amide bonds.